The third kappa shape index (κ3) is 4.28. The second-order valence-corrected chi connectivity index (χ2v) is 3.17. The van der Waals surface area contributed by atoms with Crippen molar-refractivity contribution in [1.29, 1.82) is 0 Å². The topological polar surface area (TPSA) is 72.5 Å². The maximum absolute atomic E-state index is 10.5. The molecule has 0 rings (SSSR count). The molecule has 0 aliphatic carbocycles. The van der Waals surface area contributed by atoms with Crippen molar-refractivity contribution >= 4 is 16.7 Å². The molecule has 0 aliphatic rings. The number of hydrogen-bond acceptors (Lipinski definition) is 4. The van der Waals surface area contributed by atoms with Gasteiger partial charge in [-0.05, 0) is 13.8 Å². The predicted molar refractivity (Wildman–Crippen MR) is 34.3 cm³/mol. The summed E-state index contributed by atoms with van der Waals surface area (Å²) >= 11 is 0. The Bertz CT molecular complexity index is 195. The highest BCUT2D eigenvalue weighted by Gasteiger charge is 2.10. The van der Waals surface area contributed by atoms with Crippen LogP contribution in [0.1, 0.15) is 13.8 Å². The zero-order valence-corrected chi connectivity index (χ0v) is 6.51. The lowest BCUT2D eigenvalue weighted by atomic mass is 10.5. The smallest absolute Gasteiger partial charge is 0.278 e. The van der Waals surface area contributed by atoms with Crippen LogP contribution in [0.15, 0.2) is 0 Å². The minimum absolute atomic E-state index is 0.0533. The van der Waals surface area contributed by atoms with Gasteiger partial charge in [0.05, 0.1) is 6.10 Å². The molecule has 0 atom stereocenters. The molecule has 0 aromatic heterocycles. The molecule has 60 valence electrons. The van der Waals surface area contributed by atoms with Crippen LogP contribution >= 0.6 is 0 Å². The summed E-state index contributed by atoms with van der Waals surface area (Å²) in [7, 11) is -3.85. The zero-order chi connectivity index (χ0) is 8.20. The molecule has 0 fully saturated rings. The van der Waals surface area contributed by atoms with Gasteiger partial charge >= 0.3 is 10.3 Å². The van der Waals surface area contributed by atoms with E-state index in [1.54, 1.807) is 13.8 Å². The van der Waals surface area contributed by atoms with E-state index in [1.165, 1.54) is 4.72 Å². The number of amides is 1. The van der Waals surface area contributed by atoms with Crippen LogP contribution in [0.4, 0.5) is 0 Å². The Balaban J connectivity index is 4.01. The predicted octanol–water partition coefficient (Wildman–Crippen LogP) is -0.598. The van der Waals surface area contributed by atoms with E-state index < -0.39 is 16.4 Å². The van der Waals surface area contributed by atoms with Crippen molar-refractivity contribution in [2.45, 2.75) is 20.0 Å². The van der Waals surface area contributed by atoms with Crippen LogP contribution < -0.4 is 4.72 Å². The number of carbonyl (C=O) groups is 1. The second-order valence-electron chi connectivity index (χ2n) is 1.83. The molecule has 0 heterocycles. The van der Waals surface area contributed by atoms with Gasteiger partial charge in [-0.2, -0.15) is 8.42 Å². The Labute approximate surface area is 59.6 Å². The molecule has 0 saturated carbocycles. The van der Waals surface area contributed by atoms with E-state index in [9.17, 15) is 13.2 Å². The summed E-state index contributed by atoms with van der Waals surface area (Å²) in [5.74, 6) is 0. The molecule has 0 aromatic carbocycles. The first-order valence-electron chi connectivity index (χ1n) is 2.62. The fourth-order valence-corrected chi connectivity index (χ4v) is 1.02. The van der Waals surface area contributed by atoms with Gasteiger partial charge < -0.3 is 0 Å². The molecular weight excluding hydrogens is 158 g/mol. The fourth-order valence-electron chi connectivity index (χ4n) is 0.340. The maximum Gasteiger partial charge on any atom is 0.362 e. The minimum atomic E-state index is -3.85. The second kappa shape index (κ2) is 3.52. The van der Waals surface area contributed by atoms with E-state index >= 15 is 0 Å². The van der Waals surface area contributed by atoms with Gasteiger partial charge in [0.2, 0.25) is 6.41 Å². The first-order chi connectivity index (χ1) is 4.48. The van der Waals surface area contributed by atoms with Crippen molar-refractivity contribution < 1.29 is 17.4 Å². The van der Waals surface area contributed by atoms with Gasteiger partial charge in [0.15, 0.2) is 0 Å². The van der Waals surface area contributed by atoms with Crippen molar-refractivity contribution in [3.63, 3.8) is 0 Å². The highest BCUT2D eigenvalue weighted by molar-refractivity contribution is 7.85. The first-order valence-corrected chi connectivity index (χ1v) is 4.03. The molecule has 0 unspecified atom stereocenters. The van der Waals surface area contributed by atoms with Gasteiger partial charge in [0, 0.05) is 0 Å². The van der Waals surface area contributed by atoms with Crippen molar-refractivity contribution in [3.05, 3.63) is 0 Å². The van der Waals surface area contributed by atoms with Crippen molar-refractivity contribution in [1.82, 2.24) is 4.72 Å². The molecule has 6 heteroatoms. The number of rotatable bonds is 4. The quantitative estimate of drug-likeness (QED) is 0.567. The Hall–Kier alpha value is -0.620. The maximum atomic E-state index is 10.5. The molecule has 0 saturated heterocycles. The largest absolute Gasteiger partial charge is 0.362 e. The van der Waals surface area contributed by atoms with Gasteiger partial charge in [-0.15, -0.1) is 0 Å². The highest BCUT2D eigenvalue weighted by Crippen LogP contribution is 1.93. The third-order valence-corrected chi connectivity index (χ3v) is 1.53. The molecule has 1 N–H and O–H groups in total. The summed E-state index contributed by atoms with van der Waals surface area (Å²) in [5, 5.41) is 0. The summed E-state index contributed by atoms with van der Waals surface area (Å²) in [6, 6.07) is 0. The summed E-state index contributed by atoms with van der Waals surface area (Å²) in [6.07, 6.45) is -0.407. The Morgan fingerprint density at radius 2 is 2.00 bits per heavy atom. The lowest BCUT2D eigenvalue weighted by Crippen LogP contribution is -2.26. The van der Waals surface area contributed by atoms with E-state index in [0.717, 1.165) is 0 Å². The van der Waals surface area contributed by atoms with E-state index in [0.29, 0.717) is 0 Å². The van der Waals surface area contributed by atoms with Gasteiger partial charge in [0.25, 0.3) is 0 Å². The lowest BCUT2D eigenvalue weighted by molar-refractivity contribution is -0.108. The first kappa shape index (κ1) is 9.38. The summed E-state index contributed by atoms with van der Waals surface area (Å²) in [6.45, 7) is 3.09. The molecule has 0 bridgehead atoms. The van der Waals surface area contributed by atoms with Crippen LogP contribution in [0.3, 0.4) is 0 Å². The molecule has 0 aliphatic heterocycles. The van der Waals surface area contributed by atoms with Crippen molar-refractivity contribution in [3.8, 4) is 0 Å². The minimum Gasteiger partial charge on any atom is -0.278 e. The summed E-state index contributed by atoms with van der Waals surface area (Å²) < 4.78 is 26.8. The highest BCUT2D eigenvalue weighted by atomic mass is 32.2. The van der Waals surface area contributed by atoms with E-state index in [2.05, 4.69) is 4.18 Å². The number of nitrogens with one attached hydrogen (secondary N) is 1. The average Bonchev–Trinajstić information content (AvgIpc) is 1.59. The Morgan fingerprint density at radius 1 is 1.50 bits per heavy atom. The number of hydrogen-bond donors (Lipinski definition) is 1. The molecule has 10 heavy (non-hydrogen) atoms. The van der Waals surface area contributed by atoms with Crippen LogP contribution in [-0.2, 0) is 19.3 Å². The van der Waals surface area contributed by atoms with Crippen LogP contribution in [0.25, 0.3) is 0 Å². The van der Waals surface area contributed by atoms with Crippen molar-refractivity contribution in [2.24, 2.45) is 0 Å². The molecule has 0 radical (unpaired) electrons. The van der Waals surface area contributed by atoms with E-state index in [-0.39, 0.29) is 6.41 Å². The van der Waals surface area contributed by atoms with Gasteiger partial charge in [-0.25, -0.2) is 4.72 Å². The molecular formula is C4H9NO4S. The van der Waals surface area contributed by atoms with Gasteiger partial charge in [-0.1, -0.05) is 0 Å². The van der Waals surface area contributed by atoms with E-state index in [4.69, 9.17) is 0 Å². The molecule has 5 nitrogen and oxygen atoms in total. The molecule has 1 amide bonds. The summed E-state index contributed by atoms with van der Waals surface area (Å²) in [5.41, 5.74) is 0. The molecule has 0 spiro atoms. The average molecular weight is 167 g/mol. The van der Waals surface area contributed by atoms with Crippen molar-refractivity contribution in [2.75, 3.05) is 0 Å². The van der Waals surface area contributed by atoms with Crippen LogP contribution in [-0.4, -0.2) is 20.9 Å². The summed E-state index contributed by atoms with van der Waals surface area (Å²) in [4.78, 5) is 9.63. The number of carbonyl (C=O) groups excluding carboxylic acids is 1. The normalized spacial score (nSPS) is 11.5. The monoisotopic (exact) mass is 167 g/mol. The van der Waals surface area contributed by atoms with Gasteiger partial charge in [-0.3, -0.25) is 8.98 Å². The van der Waals surface area contributed by atoms with E-state index in [1.807, 2.05) is 0 Å². The lowest BCUT2D eigenvalue weighted by Gasteiger charge is -2.04. The Morgan fingerprint density at radius 3 is 2.30 bits per heavy atom. The Kier molecular flexibility index (Phi) is 3.31. The molecule has 0 aromatic rings. The fraction of sp³-hybridized carbons (Fsp3) is 0.750. The van der Waals surface area contributed by atoms with Crippen LogP contribution in [0, 0.1) is 0 Å². The zero-order valence-electron chi connectivity index (χ0n) is 5.70. The van der Waals surface area contributed by atoms with Gasteiger partial charge in [0.1, 0.15) is 0 Å². The standard InChI is InChI=1S/C4H9NO4S/c1-4(2)9-10(7,8)5-3-6/h3-4H,1-2H3,(H,5,6). The SMILES string of the molecule is CC(C)OS(=O)(=O)NC=O. The van der Waals surface area contributed by atoms with Crippen LogP contribution in [0.2, 0.25) is 0 Å². The third-order valence-electron chi connectivity index (χ3n) is 0.512. The van der Waals surface area contributed by atoms with Crippen LogP contribution in [0.5, 0.6) is 0 Å².